The van der Waals surface area contributed by atoms with Crippen LogP contribution in [0.15, 0.2) is 36.0 Å². The Morgan fingerprint density at radius 3 is 2.83 bits per heavy atom. The molecule has 1 saturated carbocycles. The molecule has 2 fully saturated rings. The lowest BCUT2D eigenvalue weighted by Crippen LogP contribution is -2.44. The van der Waals surface area contributed by atoms with Gasteiger partial charge in [0.1, 0.15) is 5.82 Å². The lowest BCUT2D eigenvalue weighted by Gasteiger charge is -2.35. The summed E-state index contributed by atoms with van der Waals surface area (Å²) in [5.74, 6) is -0.236. The van der Waals surface area contributed by atoms with Crippen LogP contribution in [0.4, 0.5) is 11.5 Å². The highest BCUT2D eigenvalue weighted by molar-refractivity contribution is 7.16. The maximum Gasteiger partial charge on any atom is 0.313 e. The van der Waals surface area contributed by atoms with Gasteiger partial charge >= 0.3 is 11.8 Å². The molecule has 3 N–H and O–H groups in total. The number of amides is 2. The van der Waals surface area contributed by atoms with Gasteiger partial charge in [-0.3, -0.25) is 9.59 Å². The van der Waals surface area contributed by atoms with E-state index in [1.807, 2.05) is 29.8 Å². The van der Waals surface area contributed by atoms with Gasteiger partial charge in [0, 0.05) is 6.54 Å². The number of benzene rings is 1. The van der Waals surface area contributed by atoms with Gasteiger partial charge in [0.05, 0.1) is 33.7 Å². The van der Waals surface area contributed by atoms with Crippen molar-refractivity contribution in [1.82, 2.24) is 14.9 Å². The second-order valence-corrected chi connectivity index (χ2v) is 8.90. The summed E-state index contributed by atoms with van der Waals surface area (Å²) in [5.41, 5.74) is 11.2. The molecular formula is C22H23N5O2S. The third kappa shape index (κ3) is 3.63. The first-order chi connectivity index (χ1) is 14.6. The van der Waals surface area contributed by atoms with Crippen LogP contribution in [0, 0.1) is 0 Å². The van der Waals surface area contributed by atoms with E-state index in [0.717, 1.165) is 53.4 Å². The number of piperidine rings is 1. The minimum absolute atomic E-state index is 0.116. The number of nitrogens with two attached hydrogens (primary N) is 1. The maximum atomic E-state index is 13.1. The Hall–Kier alpha value is -3.00. The molecule has 2 aromatic heterocycles. The number of likely N-dealkylation sites (tertiary alicyclic amines) is 1. The fourth-order valence-corrected chi connectivity index (χ4v) is 4.86. The summed E-state index contributed by atoms with van der Waals surface area (Å²) in [6.45, 7) is 0.569. The highest BCUT2D eigenvalue weighted by atomic mass is 32.1. The third-order valence-electron chi connectivity index (χ3n) is 5.92. The summed E-state index contributed by atoms with van der Waals surface area (Å²) in [6, 6.07) is 7.84. The molecule has 0 unspecified atom stereocenters. The molecular weight excluding hydrogens is 398 g/mol. The van der Waals surface area contributed by atoms with E-state index >= 15 is 0 Å². The van der Waals surface area contributed by atoms with Crippen LogP contribution in [-0.2, 0) is 9.59 Å². The highest BCUT2D eigenvalue weighted by Gasteiger charge is 2.32. The van der Waals surface area contributed by atoms with Crippen molar-refractivity contribution in [2.75, 3.05) is 17.6 Å². The Kier molecular flexibility index (Phi) is 4.86. The van der Waals surface area contributed by atoms with Gasteiger partial charge in [0.25, 0.3) is 0 Å². The molecule has 0 bridgehead atoms. The molecule has 0 radical (unpaired) electrons. The van der Waals surface area contributed by atoms with E-state index in [0.29, 0.717) is 24.0 Å². The Morgan fingerprint density at radius 1 is 1.13 bits per heavy atom. The van der Waals surface area contributed by atoms with Crippen molar-refractivity contribution in [3.63, 3.8) is 0 Å². The van der Waals surface area contributed by atoms with Gasteiger partial charge in [-0.2, -0.15) is 0 Å². The molecule has 1 aliphatic heterocycles. The predicted molar refractivity (Wildman–Crippen MR) is 117 cm³/mol. The van der Waals surface area contributed by atoms with Gasteiger partial charge in [0.2, 0.25) is 0 Å². The number of anilines is 2. The largest absolute Gasteiger partial charge is 0.383 e. The zero-order chi connectivity index (χ0) is 20.7. The molecule has 3 heterocycles. The van der Waals surface area contributed by atoms with E-state index in [1.54, 1.807) is 16.2 Å². The van der Waals surface area contributed by atoms with Crippen molar-refractivity contribution in [2.45, 2.75) is 44.1 Å². The van der Waals surface area contributed by atoms with Crippen LogP contribution in [0.1, 0.15) is 55.2 Å². The zero-order valence-electron chi connectivity index (χ0n) is 16.5. The van der Waals surface area contributed by atoms with Crippen molar-refractivity contribution in [3.05, 3.63) is 47.1 Å². The van der Waals surface area contributed by atoms with E-state index in [9.17, 15) is 9.59 Å². The number of thiazole rings is 1. The number of aromatic nitrogens is 2. The normalized spacial score (nSPS) is 19.1. The SMILES string of the molecule is Nc1ncc(NC(=O)C(=O)N2CCCC[C@H]2c2ccc3scnc3c2)cc1C1CC1. The molecule has 8 heteroatoms. The average molecular weight is 422 g/mol. The highest BCUT2D eigenvalue weighted by Crippen LogP contribution is 2.42. The second kappa shape index (κ2) is 7.68. The topological polar surface area (TPSA) is 101 Å². The minimum atomic E-state index is -0.634. The Labute approximate surface area is 178 Å². The fourth-order valence-electron chi connectivity index (χ4n) is 4.20. The Balaban J connectivity index is 1.35. The first kappa shape index (κ1) is 19.0. The molecule has 1 aliphatic carbocycles. The lowest BCUT2D eigenvalue weighted by atomic mass is 9.95. The summed E-state index contributed by atoms with van der Waals surface area (Å²) in [6.07, 6.45) is 6.43. The predicted octanol–water partition coefficient (Wildman–Crippen LogP) is 3.84. The van der Waals surface area contributed by atoms with Crippen molar-refractivity contribution in [2.24, 2.45) is 0 Å². The van der Waals surface area contributed by atoms with Crippen LogP contribution in [0.3, 0.4) is 0 Å². The van der Waals surface area contributed by atoms with Crippen LogP contribution in [0.25, 0.3) is 10.2 Å². The van der Waals surface area contributed by atoms with Crippen molar-refractivity contribution in [1.29, 1.82) is 0 Å². The Bertz CT molecular complexity index is 1120. The van der Waals surface area contributed by atoms with Crippen LogP contribution in [0.2, 0.25) is 0 Å². The molecule has 154 valence electrons. The number of fused-ring (bicyclic) bond motifs is 1. The number of rotatable bonds is 3. The number of carbonyl (C=O) groups is 2. The monoisotopic (exact) mass is 421 g/mol. The maximum absolute atomic E-state index is 13.1. The summed E-state index contributed by atoms with van der Waals surface area (Å²) in [5, 5.41) is 2.73. The number of hydrogen-bond donors (Lipinski definition) is 2. The number of hydrogen-bond acceptors (Lipinski definition) is 6. The van der Waals surface area contributed by atoms with Gasteiger partial charge < -0.3 is 16.0 Å². The van der Waals surface area contributed by atoms with Crippen molar-refractivity contribution in [3.8, 4) is 0 Å². The molecule has 1 aromatic carbocycles. The quantitative estimate of drug-likeness (QED) is 0.626. The van der Waals surface area contributed by atoms with Crippen molar-refractivity contribution < 1.29 is 9.59 Å². The molecule has 0 spiro atoms. The van der Waals surface area contributed by atoms with Gasteiger partial charge in [-0.25, -0.2) is 9.97 Å². The first-order valence-corrected chi connectivity index (χ1v) is 11.2. The first-order valence-electron chi connectivity index (χ1n) is 10.3. The van der Waals surface area contributed by atoms with Gasteiger partial charge in [0.15, 0.2) is 0 Å². The summed E-state index contributed by atoms with van der Waals surface area (Å²) in [4.78, 5) is 36.1. The fraction of sp³-hybridized carbons (Fsp3) is 0.364. The Morgan fingerprint density at radius 2 is 2.00 bits per heavy atom. The lowest BCUT2D eigenvalue weighted by molar-refractivity contribution is -0.145. The molecule has 30 heavy (non-hydrogen) atoms. The molecule has 7 nitrogen and oxygen atoms in total. The standard InChI is InChI=1S/C22H23N5O2S/c23-20-16(13-4-5-13)10-15(11-24-20)26-21(28)22(29)27-8-2-1-3-18(27)14-6-7-19-17(9-14)25-12-30-19/h6-7,9-13,18H,1-5,8H2,(H2,23,24)(H,26,28)/t18-/m0/s1. The van der Waals surface area contributed by atoms with E-state index < -0.39 is 11.8 Å². The number of nitrogen functional groups attached to an aromatic ring is 1. The summed E-state index contributed by atoms with van der Waals surface area (Å²) < 4.78 is 1.12. The number of pyridine rings is 1. The van der Waals surface area contributed by atoms with Gasteiger partial charge in [-0.15, -0.1) is 11.3 Å². The minimum Gasteiger partial charge on any atom is -0.383 e. The summed E-state index contributed by atoms with van der Waals surface area (Å²) >= 11 is 1.59. The summed E-state index contributed by atoms with van der Waals surface area (Å²) in [7, 11) is 0. The molecule has 3 aromatic rings. The molecule has 1 saturated heterocycles. The second-order valence-electron chi connectivity index (χ2n) is 8.02. The van der Waals surface area contributed by atoms with Crippen LogP contribution < -0.4 is 11.1 Å². The van der Waals surface area contributed by atoms with Gasteiger partial charge in [-0.05, 0) is 67.3 Å². The zero-order valence-corrected chi connectivity index (χ0v) is 17.3. The van der Waals surface area contributed by atoms with Crippen LogP contribution in [-0.4, -0.2) is 33.2 Å². The van der Waals surface area contributed by atoms with E-state index in [2.05, 4.69) is 15.3 Å². The number of nitrogens with zero attached hydrogens (tertiary/aromatic N) is 3. The molecule has 2 aliphatic rings. The van der Waals surface area contributed by atoms with Crippen LogP contribution >= 0.6 is 11.3 Å². The molecule has 2 amide bonds. The van der Waals surface area contributed by atoms with E-state index in [-0.39, 0.29) is 6.04 Å². The molecule has 1 atom stereocenters. The van der Waals surface area contributed by atoms with Crippen LogP contribution in [0.5, 0.6) is 0 Å². The third-order valence-corrected chi connectivity index (χ3v) is 6.73. The van der Waals surface area contributed by atoms with E-state index in [4.69, 9.17) is 5.73 Å². The number of nitrogens with one attached hydrogen (secondary N) is 1. The average Bonchev–Trinajstić information content (AvgIpc) is 3.50. The van der Waals surface area contributed by atoms with Crippen molar-refractivity contribution >= 4 is 44.9 Å². The van der Waals surface area contributed by atoms with E-state index in [1.165, 1.54) is 6.20 Å². The smallest absolute Gasteiger partial charge is 0.313 e. The van der Waals surface area contributed by atoms with Gasteiger partial charge in [-0.1, -0.05) is 6.07 Å². The number of carbonyl (C=O) groups excluding carboxylic acids is 2. The molecule has 5 rings (SSSR count).